The summed E-state index contributed by atoms with van der Waals surface area (Å²) in [6, 6.07) is -0.00759. The third kappa shape index (κ3) is 4.62. The van der Waals surface area contributed by atoms with Crippen LogP contribution in [0.3, 0.4) is 0 Å². The zero-order valence-electron chi connectivity index (χ0n) is 24.1. The van der Waals surface area contributed by atoms with Gasteiger partial charge in [0.25, 0.3) is 0 Å². The predicted molar refractivity (Wildman–Crippen MR) is 154 cm³/mol. The summed E-state index contributed by atoms with van der Waals surface area (Å²) < 4.78 is 0. The maximum absolute atomic E-state index is 7.06. The summed E-state index contributed by atoms with van der Waals surface area (Å²) in [7, 11) is 0. The Morgan fingerprint density at radius 1 is 1.00 bits per heavy atom. The lowest BCUT2D eigenvalue weighted by Gasteiger charge is -2.68. The first-order valence-corrected chi connectivity index (χ1v) is 15.4. The Balaban J connectivity index is 1.46. The van der Waals surface area contributed by atoms with E-state index in [4.69, 9.17) is 11.5 Å². The first kappa shape index (κ1) is 28.2. The molecule has 0 heterocycles. The van der Waals surface area contributed by atoms with Crippen LogP contribution in [0, 0.1) is 51.8 Å². The zero-order chi connectivity index (χ0) is 26.1. The number of hydrogen-bond donors (Lipinski definition) is 4. The van der Waals surface area contributed by atoms with Crippen LogP contribution in [0.25, 0.3) is 0 Å². The first-order valence-electron chi connectivity index (χ1n) is 15.4. The number of hydrogen-bond acceptors (Lipinski definition) is 4. The third-order valence-corrected chi connectivity index (χ3v) is 12.5. The van der Waals surface area contributed by atoms with E-state index in [1.54, 1.807) is 0 Å². The molecule has 0 aromatic heterocycles. The Morgan fingerprint density at radius 2 is 1.75 bits per heavy atom. The summed E-state index contributed by atoms with van der Waals surface area (Å²) in [5.41, 5.74) is 14.9. The highest BCUT2D eigenvalue weighted by Gasteiger charge is 2.68. The van der Waals surface area contributed by atoms with Gasteiger partial charge in [0.2, 0.25) is 0 Å². The highest BCUT2D eigenvalue weighted by Crippen LogP contribution is 2.75. The Bertz CT molecular complexity index is 780. The molecular weight excluding hydrogens is 440 g/mol. The molecule has 0 aromatic carbocycles. The Labute approximate surface area is 222 Å². The molecule has 206 valence electrons. The van der Waals surface area contributed by atoms with E-state index in [-0.39, 0.29) is 6.04 Å². The summed E-state index contributed by atoms with van der Waals surface area (Å²) >= 11 is 0. The second-order valence-electron chi connectivity index (χ2n) is 14.0. The fourth-order valence-corrected chi connectivity index (χ4v) is 10.5. The quantitative estimate of drug-likeness (QED) is 0.213. The van der Waals surface area contributed by atoms with Crippen molar-refractivity contribution in [2.75, 3.05) is 26.2 Å². The molecule has 4 saturated carbocycles. The minimum absolute atomic E-state index is 0.00759. The van der Waals surface area contributed by atoms with Gasteiger partial charge in [0.05, 0.1) is 0 Å². The first-order chi connectivity index (χ1) is 17.1. The fraction of sp³-hybridized carbons (Fsp3) is 0.875. The Morgan fingerprint density at radius 3 is 2.47 bits per heavy atom. The van der Waals surface area contributed by atoms with E-state index in [1.807, 2.05) is 0 Å². The van der Waals surface area contributed by atoms with Gasteiger partial charge in [-0.2, -0.15) is 0 Å². The van der Waals surface area contributed by atoms with Crippen molar-refractivity contribution >= 4 is 0 Å². The van der Waals surface area contributed by atoms with Crippen molar-refractivity contribution in [2.24, 2.45) is 63.2 Å². The van der Waals surface area contributed by atoms with Crippen LogP contribution in [0.15, 0.2) is 24.9 Å². The summed E-state index contributed by atoms with van der Waals surface area (Å²) in [6.07, 6.45) is 15.5. The minimum atomic E-state index is -0.00759. The van der Waals surface area contributed by atoms with E-state index in [0.29, 0.717) is 34.0 Å². The lowest BCUT2D eigenvalue weighted by atomic mass is 9.37. The summed E-state index contributed by atoms with van der Waals surface area (Å²) in [5, 5.41) is 7.06. The average Bonchev–Trinajstić information content (AvgIpc) is 3.16. The second kappa shape index (κ2) is 11.1. The lowest BCUT2D eigenvalue weighted by Crippen LogP contribution is -2.61. The molecule has 0 aromatic rings. The molecule has 6 N–H and O–H groups in total. The van der Waals surface area contributed by atoms with E-state index in [2.05, 4.69) is 57.6 Å². The summed E-state index contributed by atoms with van der Waals surface area (Å²) in [6.45, 7) is 23.0. The van der Waals surface area contributed by atoms with Gasteiger partial charge >= 0.3 is 0 Å². The van der Waals surface area contributed by atoms with Crippen molar-refractivity contribution in [3.63, 3.8) is 0 Å². The van der Waals surface area contributed by atoms with E-state index < -0.39 is 0 Å². The van der Waals surface area contributed by atoms with E-state index >= 15 is 0 Å². The monoisotopic (exact) mass is 498 g/mol. The van der Waals surface area contributed by atoms with Crippen molar-refractivity contribution in [2.45, 2.75) is 97.9 Å². The van der Waals surface area contributed by atoms with E-state index in [0.717, 1.165) is 62.5 Å². The molecule has 10 atom stereocenters. The molecular formula is C32H58N4. The topological polar surface area (TPSA) is 76.1 Å². The van der Waals surface area contributed by atoms with Crippen LogP contribution in [-0.2, 0) is 0 Å². The van der Waals surface area contributed by atoms with Crippen LogP contribution in [0.4, 0.5) is 0 Å². The molecule has 4 rings (SSSR count). The molecule has 36 heavy (non-hydrogen) atoms. The molecule has 4 fully saturated rings. The largest absolute Gasteiger partial charge is 0.387 e. The molecule has 4 heteroatoms. The van der Waals surface area contributed by atoms with Crippen LogP contribution in [0.2, 0.25) is 0 Å². The van der Waals surface area contributed by atoms with Crippen molar-refractivity contribution in [1.82, 2.24) is 10.6 Å². The number of nitrogens with one attached hydrogen (secondary N) is 2. The molecule has 4 aliphatic carbocycles. The van der Waals surface area contributed by atoms with Gasteiger partial charge in [-0.1, -0.05) is 53.2 Å². The van der Waals surface area contributed by atoms with E-state index in [1.165, 1.54) is 51.4 Å². The maximum atomic E-state index is 7.06. The highest BCUT2D eigenvalue weighted by molar-refractivity contribution is 5.21. The number of rotatable bonds is 11. The zero-order valence-corrected chi connectivity index (χ0v) is 24.1. The average molecular weight is 499 g/mol. The van der Waals surface area contributed by atoms with Gasteiger partial charge in [0.1, 0.15) is 0 Å². The fourth-order valence-electron chi connectivity index (χ4n) is 10.5. The molecule has 0 spiro atoms. The maximum Gasteiger partial charge on any atom is 0.0475 e. The van der Waals surface area contributed by atoms with Gasteiger partial charge < -0.3 is 22.1 Å². The predicted octanol–water partition coefficient (Wildman–Crippen LogP) is 5.84. The van der Waals surface area contributed by atoms with Gasteiger partial charge in [0, 0.05) is 18.3 Å². The van der Waals surface area contributed by atoms with Gasteiger partial charge in [-0.25, -0.2) is 0 Å². The van der Waals surface area contributed by atoms with Crippen molar-refractivity contribution < 1.29 is 0 Å². The molecule has 0 amide bonds. The molecule has 4 nitrogen and oxygen atoms in total. The number of allylic oxidation sites excluding steroid dienone is 1. The third-order valence-electron chi connectivity index (χ3n) is 12.5. The van der Waals surface area contributed by atoms with Crippen LogP contribution in [0.1, 0.15) is 91.9 Å². The smallest absolute Gasteiger partial charge is 0.0475 e. The second-order valence-corrected chi connectivity index (χ2v) is 14.0. The Kier molecular flexibility index (Phi) is 8.69. The van der Waals surface area contributed by atoms with Crippen LogP contribution in [0.5, 0.6) is 0 Å². The standard InChI is InChI=1S/C32H58N4/c1-7-24-21-32(6)26(28(24)29(34)23(3)36-20-10-19-35-18-9-17-33)12-13-27-30(4)15-8-11-22(2)25(30)14-16-31(27,32)5/h7,22,24-29,35-36H,1,3,8-21,33-34H2,2,4-6H3/t22-,24?,25?,26?,27?,28?,29?,30?,31+,32?/m1/s1. The lowest BCUT2D eigenvalue weighted by molar-refractivity contribution is -0.189. The van der Waals surface area contributed by atoms with Gasteiger partial charge in [-0.15, -0.1) is 6.58 Å². The summed E-state index contributed by atoms with van der Waals surface area (Å²) in [4.78, 5) is 0. The highest BCUT2D eigenvalue weighted by atomic mass is 14.9. The molecule has 0 aliphatic heterocycles. The SMILES string of the molecule is C=CC1CC2(C)C(CCC3C4(C)CCC[C@@H](C)C4CC[C@@]32C)C1C(N)C(=C)NCCCNCCCN. The van der Waals surface area contributed by atoms with Crippen molar-refractivity contribution in [1.29, 1.82) is 0 Å². The van der Waals surface area contributed by atoms with Crippen LogP contribution in [-0.4, -0.2) is 32.2 Å². The summed E-state index contributed by atoms with van der Waals surface area (Å²) in [5.74, 6) is 4.26. The van der Waals surface area contributed by atoms with Crippen molar-refractivity contribution in [3.05, 3.63) is 24.9 Å². The molecule has 8 unspecified atom stereocenters. The minimum Gasteiger partial charge on any atom is -0.387 e. The van der Waals surface area contributed by atoms with Gasteiger partial charge in [0.15, 0.2) is 0 Å². The molecule has 0 saturated heterocycles. The number of nitrogens with two attached hydrogens (primary N) is 2. The normalized spacial score (nSPS) is 44.7. The van der Waals surface area contributed by atoms with Crippen molar-refractivity contribution in [3.8, 4) is 0 Å². The van der Waals surface area contributed by atoms with E-state index in [9.17, 15) is 0 Å². The molecule has 0 bridgehead atoms. The molecule has 4 aliphatic rings. The van der Waals surface area contributed by atoms with Gasteiger partial charge in [-0.05, 0) is 123 Å². The van der Waals surface area contributed by atoms with Crippen LogP contribution < -0.4 is 22.1 Å². The number of fused-ring (bicyclic) bond motifs is 5. The Hall–Kier alpha value is -0.840. The van der Waals surface area contributed by atoms with Crippen LogP contribution >= 0.6 is 0 Å². The molecule has 0 radical (unpaired) electrons. The van der Waals surface area contributed by atoms with Gasteiger partial charge in [-0.3, -0.25) is 0 Å².